The lowest BCUT2D eigenvalue weighted by Gasteiger charge is -2.38. The van der Waals surface area contributed by atoms with Crippen molar-refractivity contribution in [3.05, 3.63) is 47.7 Å². The molecule has 4 heterocycles. The molecular weight excluding hydrogens is 350 g/mol. The summed E-state index contributed by atoms with van der Waals surface area (Å²) >= 11 is 0. The average Bonchev–Trinajstić information content (AvgIpc) is 3.36. The highest BCUT2D eigenvalue weighted by molar-refractivity contribution is 5.87. The van der Waals surface area contributed by atoms with Gasteiger partial charge in [-0.2, -0.15) is 0 Å². The lowest BCUT2D eigenvalue weighted by molar-refractivity contribution is -0.148. The molecule has 4 atom stereocenters. The van der Waals surface area contributed by atoms with E-state index in [1.807, 2.05) is 0 Å². The van der Waals surface area contributed by atoms with Crippen molar-refractivity contribution in [2.45, 2.75) is 62.3 Å². The van der Waals surface area contributed by atoms with Crippen LogP contribution in [0.3, 0.4) is 0 Å². The zero-order chi connectivity index (χ0) is 18.7. The molecule has 0 radical (unpaired) electrons. The Hall–Kier alpha value is -2.11. The topological polar surface area (TPSA) is 57.4 Å². The summed E-state index contributed by atoms with van der Waals surface area (Å²) in [4.78, 5) is 18.2. The van der Waals surface area contributed by atoms with E-state index >= 15 is 0 Å². The fraction of sp³-hybridized carbons (Fsp3) is 0.522. The largest absolute Gasteiger partial charge is 0.450 e. The van der Waals surface area contributed by atoms with Crippen LogP contribution in [-0.2, 0) is 16.0 Å². The first-order chi connectivity index (χ1) is 13.7. The molecule has 1 aromatic heterocycles. The molecule has 1 aliphatic carbocycles. The third-order valence-corrected chi connectivity index (χ3v) is 7.52. The second-order valence-corrected chi connectivity index (χ2v) is 8.88. The summed E-state index contributed by atoms with van der Waals surface area (Å²) in [5, 5.41) is 5.17. The maximum atomic E-state index is 12.1. The van der Waals surface area contributed by atoms with E-state index in [-0.39, 0.29) is 11.6 Å². The fourth-order valence-electron chi connectivity index (χ4n) is 6.33. The van der Waals surface area contributed by atoms with Crippen LogP contribution >= 0.6 is 0 Å². The van der Waals surface area contributed by atoms with Gasteiger partial charge in [0.1, 0.15) is 0 Å². The number of rotatable bonds is 4. The van der Waals surface area contributed by atoms with Crippen molar-refractivity contribution >= 4 is 16.9 Å². The van der Waals surface area contributed by atoms with E-state index in [1.54, 1.807) is 6.08 Å². The van der Waals surface area contributed by atoms with Crippen molar-refractivity contribution in [1.82, 2.24) is 15.2 Å². The number of nitrogens with zero attached hydrogens (tertiary/aromatic N) is 1. The number of piperidine rings is 1. The molecule has 1 saturated carbocycles. The highest BCUT2D eigenvalue weighted by Gasteiger charge is 2.63. The van der Waals surface area contributed by atoms with Crippen LogP contribution in [0.5, 0.6) is 0 Å². The van der Waals surface area contributed by atoms with Gasteiger partial charge in [0.15, 0.2) is 5.60 Å². The Labute approximate surface area is 165 Å². The molecule has 2 bridgehead atoms. The first-order valence-corrected chi connectivity index (χ1v) is 10.7. The van der Waals surface area contributed by atoms with Crippen LogP contribution in [0.2, 0.25) is 0 Å². The Kier molecular flexibility index (Phi) is 3.72. The molecule has 2 N–H and O–H groups in total. The second-order valence-electron chi connectivity index (χ2n) is 8.88. The van der Waals surface area contributed by atoms with E-state index in [0.29, 0.717) is 18.1 Å². The Balaban J connectivity index is 1.21. The van der Waals surface area contributed by atoms with E-state index in [1.165, 1.54) is 34.9 Å². The maximum absolute atomic E-state index is 12.1. The minimum absolute atomic E-state index is 0.124. The molecule has 3 aliphatic heterocycles. The molecule has 0 unspecified atom stereocenters. The van der Waals surface area contributed by atoms with Gasteiger partial charge in [-0.25, -0.2) is 4.79 Å². The zero-order valence-electron chi connectivity index (χ0n) is 16.1. The van der Waals surface area contributed by atoms with Crippen molar-refractivity contribution in [2.24, 2.45) is 0 Å². The van der Waals surface area contributed by atoms with Crippen LogP contribution in [0.25, 0.3) is 10.9 Å². The van der Waals surface area contributed by atoms with E-state index in [9.17, 15) is 4.79 Å². The maximum Gasteiger partial charge on any atom is 0.331 e. The third kappa shape index (κ3) is 2.36. The number of benzene rings is 1. The first kappa shape index (κ1) is 16.8. The monoisotopic (exact) mass is 377 g/mol. The van der Waals surface area contributed by atoms with Crippen molar-refractivity contribution in [3.63, 3.8) is 0 Å². The molecular formula is C23H27N3O2. The molecule has 146 valence electrons. The van der Waals surface area contributed by atoms with Crippen LogP contribution < -0.4 is 5.32 Å². The van der Waals surface area contributed by atoms with Crippen molar-refractivity contribution in [2.75, 3.05) is 13.1 Å². The minimum atomic E-state index is -0.308. The van der Waals surface area contributed by atoms with Crippen molar-refractivity contribution < 1.29 is 9.53 Å². The van der Waals surface area contributed by atoms with Crippen LogP contribution in [0.15, 0.2) is 42.1 Å². The van der Waals surface area contributed by atoms with Gasteiger partial charge in [0.2, 0.25) is 0 Å². The van der Waals surface area contributed by atoms with Crippen molar-refractivity contribution in [1.29, 1.82) is 0 Å². The highest BCUT2D eigenvalue weighted by Crippen LogP contribution is 2.53. The number of aromatic amines is 1. The molecule has 2 saturated heterocycles. The van der Waals surface area contributed by atoms with Crippen molar-refractivity contribution in [3.8, 4) is 0 Å². The SMILES string of the molecule is O=C1C=C2C[C@H](NCCc3c[nH]c4ccccc34)[C@@H]3C[C@@]2(O1)[C@H]1CCCCN31. The summed E-state index contributed by atoms with van der Waals surface area (Å²) in [6, 6.07) is 9.78. The van der Waals surface area contributed by atoms with E-state index in [0.717, 1.165) is 38.8 Å². The summed E-state index contributed by atoms with van der Waals surface area (Å²) in [6.07, 6.45) is 10.5. The van der Waals surface area contributed by atoms with Crippen LogP contribution in [0.1, 0.15) is 37.7 Å². The van der Waals surface area contributed by atoms with Crippen LogP contribution in [0, 0.1) is 0 Å². The number of aromatic nitrogens is 1. The normalized spacial score (nSPS) is 34.2. The van der Waals surface area contributed by atoms with Gasteiger partial charge >= 0.3 is 5.97 Å². The quantitative estimate of drug-likeness (QED) is 0.805. The van der Waals surface area contributed by atoms with Crippen LogP contribution in [0.4, 0.5) is 0 Å². The summed E-state index contributed by atoms with van der Waals surface area (Å²) in [5.41, 5.74) is 3.51. The number of ether oxygens (including phenoxy) is 1. The van der Waals surface area contributed by atoms with E-state index in [4.69, 9.17) is 4.74 Å². The summed E-state index contributed by atoms with van der Waals surface area (Å²) in [7, 11) is 0. The predicted molar refractivity (Wildman–Crippen MR) is 108 cm³/mol. The number of carbonyl (C=O) groups is 1. The fourth-order valence-corrected chi connectivity index (χ4v) is 6.33. The molecule has 4 aliphatic rings. The predicted octanol–water partition coefficient (Wildman–Crippen LogP) is 2.92. The van der Waals surface area contributed by atoms with Gasteiger partial charge in [0, 0.05) is 41.7 Å². The number of hydrogen-bond donors (Lipinski definition) is 2. The number of hydrogen-bond acceptors (Lipinski definition) is 4. The van der Waals surface area contributed by atoms with Gasteiger partial charge in [0.05, 0.1) is 6.04 Å². The van der Waals surface area contributed by atoms with Gasteiger partial charge < -0.3 is 15.0 Å². The Morgan fingerprint density at radius 3 is 3.18 bits per heavy atom. The zero-order valence-corrected chi connectivity index (χ0v) is 16.1. The summed E-state index contributed by atoms with van der Waals surface area (Å²) in [6.45, 7) is 2.10. The number of para-hydroxylation sites is 1. The number of H-pyrrole nitrogens is 1. The van der Waals surface area contributed by atoms with Gasteiger partial charge in [0.25, 0.3) is 0 Å². The number of fused-ring (bicyclic) bond motifs is 4. The smallest absolute Gasteiger partial charge is 0.331 e. The van der Waals surface area contributed by atoms with E-state index < -0.39 is 0 Å². The third-order valence-electron chi connectivity index (χ3n) is 7.52. The summed E-state index contributed by atoms with van der Waals surface area (Å²) < 4.78 is 5.97. The molecule has 1 aromatic carbocycles. The van der Waals surface area contributed by atoms with Gasteiger partial charge in [-0.3, -0.25) is 4.90 Å². The molecule has 0 amide bonds. The van der Waals surface area contributed by atoms with Gasteiger partial charge in [-0.05, 0) is 56.0 Å². The van der Waals surface area contributed by atoms with Crippen LogP contribution in [-0.4, -0.2) is 52.7 Å². The molecule has 5 nitrogen and oxygen atoms in total. The molecule has 3 fully saturated rings. The second kappa shape index (κ2) is 6.19. The lowest BCUT2D eigenvalue weighted by Crippen LogP contribution is -2.50. The van der Waals surface area contributed by atoms with Gasteiger partial charge in [-0.15, -0.1) is 0 Å². The standard InChI is InChI=1S/C23H27N3O2/c27-22-12-16-11-19(20-13-23(16,28-22)21-7-3-4-10-26(20)21)24-9-8-15-14-25-18-6-2-1-5-17(15)18/h1-2,5-6,12,14,19-21,24-25H,3-4,7-11,13H2/t19-,20-,21+,23-/m0/s1. The Bertz CT molecular complexity index is 964. The van der Waals surface area contributed by atoms with Gasteiger partial charge in [-0.1, -0.05) is 24.6 Å². The average molecular weight is 377 g/mol. The summed E-state index contributed by atoms with van der Waals surface area (Å²) in [5.74, 6) is -0.124. The number of carbonyl (C=O) groups excluding carboxylic acids is 1. The van der Waals surface area contributed by atoms with E-state index in [2.05, 4.69) is 45.7 Å². The first-order valence-electron chi connectivity index (χ1n) is 10.7. The Morgan fingerprint density at radius 2 is 2.21 bits per heavy atom. The highest BCUT2D eigenvalue weighted by atomic mass is 16.6. The number of nitrogens with one attached hydrogen (secondary N) is 2. The minimum Gasteiger partial charge on any atom is -0.450 e. The number of esters is 1. The molecule has 6 rings (SSSR count). The molecule has 2 aromatic rings. The molecule has 28 heavy (non-hydrogen) atoms. The Morgan fingerprint density at radius 1 is 1.29 bits per heavy atom. The molecule has 1 spiro atoms. The molecule has 5 heteroatoms. The lowest BCUT2D eigenvalue weighted by atomic mass is 9.75.